The van der Waals surface area contributed by atoms with Crippen LogP contribution in [0.5, 0.6) is 11.6 Å². The molecule has 1 unspecified atom stereocenters. The molecule has 2 aromatic rings. The number of nitrogens with one attached hydrogen (secondary N) is 2. The van der Waals surface area contributed by atoms with Crippen LogP contribution < -0.4 is 15.4 Å². The molecule has 23 heavy (non-hydrogen) atoms. The average molecular weight is 337 g/mol. The molecule has 0 spiro atoms. The number of anilines is 1. The molecule has 1 amide bonds. The summed E-state index contributed by atoms with van der Waals surface area (Å²) in [6.07, 6.45) is 4.65. The topological polar surface area (TPSA) is 85.4 Å². The van der Waals surface area contributed by atoms with Gasteiger partial charge in [0, 0.05) is 30.7 Å². The molecule has 1 saturated heterocycles. The van der Waals surface area contributed by atoms with Gasteiger partial charge in [-0.3, -0.25) is 9.78 Å². The highest BCUT2D eigenvalue weighted by atomic mass is 35.5. The Kier molecular flexibility index (Phi) is 6.28. The molecular formula is C15H17ClN4O3. The zero-order valence-corrected chi connectivity index (χ0v) is 13.1. The molecule has 122 valence electrons. The number of ether oxygens (including phenoxy) is 2. The lowest BCUT2D eigenvalue weighted by Crippen LogP contribution is -2.48. The molecule has 0 radical (unpaired) electrons. The van der Waals surface area contributed by atoms with Gasteiger partial charge in [0.1, 0.15) is 11.8 Å². The first-order valence-corrected chi connectivity index (χ1v) is 6.97. The summed E-state index contributed by atoms with van der Waals surface area (Å²) in [5.74, 6) is 0.843. The Morgan fingerprint density at radius 1 is 1.39 bits per heavy atom. The molecular weight excluding hydrogens is 320 g/mol. The predicted molar refractivity (Wildman–Crippen MR) is 87.0 cm³/mol. The first-order chi connectivity index (χ1) is 10.8. The van der Waals surface area contributed by atoms with Crippen molar-refractivity contribution >= 4 is 24.0 Å². The van der Waals surface area contributed by atoms with Crippen LogP contribution in [-0.4, -0.2) is 41.7 Å². The van der Waals surface area contributed by atoms with Crippen molar-refractivity contribution in [2.75, 3.05) is 25.1 Å². The Labute approximate surface area is 139 Å². The van der Waals surface area contributed by atoms with E-state index in [4.69, 9.17) is 9.47 Å². The number of morpholine rings is 1. The maximum atomic E-state index is 12.1. The average Bonchev–Trinajstić information content (AvgIpc) is 2.57. The Balaban J connectivity index is 0.00000192. The quantitative estimate of drug-likeness (QED) is 0.882. The van der Waals surface area contributed by atoms with Gasteiger partial charge in [0.05, 0.1) is 19.4 Å². The van der Waals surface area contributed by atoms with Gasteiger partial charge in [-0.1, -0.05) is 6.07 Å². The first kappa shape index (κ1) is 17.1. The van der Waals surface area contributed by atoms with Gasteiger partial charge in [0.2, 0.25) is 11.8 Å². The van der Waals surface area contributed by atoms with Crippen LogP contribution in [0.2, 0.25) is 0 Å². The van der Waals surface area contributed by atoms with Crippen LogP contribution in [0.25, 0.3) is 0 Å². The molecule has 7 nitrogen and oxygen atoms in total. The SMILES string of the molecule is Cl.O=C(Nc1cccc(Oc2cnccn2)c1)C1COCCN1. The minimum absolute atomic E-state index is 0. The van der Waals surface area contributed by atoms with E-state index >= 15 is 0 Å². The minimum atomic E-state index is -0.335. The van der Waals surface area contributed by atoms with Crippen molar-refractivity contribution in [2.24, 2.45) is 0 Å². The third-order valence-corrected chi connectivity index (χ3v) is 3.10. The molecule has 2 heterocycles. The number of nitrogens with zero attached hydrogens (tertiary/aromatic N) is 2. The molecule has 1 aliphatic heterocycles. The Morgan fingerprint density at radius 2 is 2.30 bits per heavy atom. The van der Waals surface area contributed by atoms with Crippen molar-refractivity contribution in [1.29, 1.82) is 0 Å². The van der Waals surface area contributed by atoms with Gasteiger partial charge in [-0.25, -0.2) is 4.98 Å². The summed E-state index contributed by atoms with van der Waals surface area (Å²) < 4.78 is 10.9. The normalized spacial score (nSPS) is 17.0. The van der Waals surface area contributed by atoms with E-state index in [-0.39, 0.29) is 24.4 Å². The minimum Gasteiger partial charge on any atom is -0.437 e. The van der Waals surface area contributed by atoms with E-state index in [1.807, 2.05) is 0 Å². The third kappa shape index (κ3) is 4.88. The number of hydrogen-bond donors (Lipinski definition) is 2. The predicted octanol–water partition coefficient (Wildman–Crippen LogP) is 1.62. The smallest absolute Gasteiger partial charge is 0.243 e. The fourth-order valence-electron chi connectivity index (χ4n) is 2.06. The summed E-state index contributed by atoms with van der Waals surface area (Å²) in [5, 5.41) is 5.95. The number of benzene rings is 1. The third-order valence-electron chi connectivity index (χ3n) is 3.10. The van der Waals surface area contributed by atoms with Gasteiger partial charge >= 0.3 is 0 Å². The fraction of sp³-hybridized carbons (Fsp3) is 0.267. The maximum absolute atomic E-state index is 12.1. The van der Waals surface area contributed by atoms with E-state index in [9.17, 15) is 4.79 Å². The van der Waals surface area contributed by atoms with Crippen LogP contribution in [0.3, 0.4) is 0 Å². The van der Waals surface area contributed by atoms with Crippen molar-refractivity contribution in [2.45, 2.75) is 6.04 Å². The van der Waals surface area contributed by atoms with Gasteiger partial charge in [-0.2, -0.15) is 0 Å². The molecule has 0 aliphatic carbocycles. The van der Waals surface area contributed by atoms with Gasteiger partial charge in [0.15, 0.2) is 0 Å². The van der Waals surface area contributed by atoms with Crippen LogP contribution in [0.15, 0.2) is 42.9 Å². The Hall–Kier alpha value is -2.22. The second kappa shape index (κ2) is 8.42. The number of aromatic nitrogens is 2. The van der Waals surface area contributed by atoms with Gasteiger partial charge in [-0.15, -0.1) is 12.4 Å². The fourth-order valence-corrected chi connectivity index (χ4v) is 2.06. The Bertz CT molecular complexity index is 636. The van der Waals surface area contributed by atoms with Gasteiger partial charge in [0.25, 0.3) is 0 Å². The molecule has 1 aromatic carbocycles. The molecule has 8 heteroatoms. The number of carbonyl (C=O) groups is 1. The highest BCUT2D eigenvalue weighted by molar-refractivity contribution is 5.95. The number of hydrogen-bond acceptors (Lipinski definition) is 6. The van der Waals surface area contributed by atoms with E-state index < -0.39 is 0 Å². The standard InChI is InChI=1S/C15H16N4O3.ClH/c20-15(13-10-21-7-6-17-13)19-11-2-1-3-12(8-11)22-14-9-16-4-5-18-14;/h1-5,8-9,13,17H,6-7,10H2,(H,19,20);1H. The molecule has 2 N–H and O–H groups in total. The molecule has 0 bridgehead atoms. The lowest BCUT2D eigenvalue weighted by Gasteiger charge is -2.22. The molecule has 1 aliphatic rings. The lowest BCUT2D eigenvalue weighted by atomic mass is 10.2. The van der Waals surface area contributed by atoms with Crippen molar-refractivity contribution < 1.29 is 14.3 Å². The van der Waals surface area contributed by atoms with Crippen LogP contribution >= 0.6 is 12.4 Å². The summed E-state index contributed by atoms with van der Waals surface area (Å²) in [7, 11) is 0. The van der Waals surface area contributed by atoms with Gasteiger partial charge < -0.3 is 20.1 Å². The summed E-state index contributed by atoms with van der Waals surface area (Å²) in [6, 6.07) is 6.78. The maximum Gasteiger partial charge on any atom is 0.243 e. The molecule has 3 rings (SSSR count). The van der Waals surface area contributed by atoms with Crippen LogP contribution in [0.1, 0.15) is 0 Å². The second-order valence-corrected chi connectivity index (χ2v) is 4.74. The van der Waals surface area contributed by atoms with Crippen LogP contribution in [0, 0.1) is 0 Å². The summed E-state index contributed by atoms with van der Waals surface area (Å²) in [6.45, 7) is 1.68. The number of amides is 1. The highest BCUT2D eigenvalue weighted by Crippen LogP contribution is 2.22. The number of halogens is 1. The van der Waals surface area contributed by atoms with E-state index in [1.165, 1.54) is 6.20 Å². The van der Waals surface area contributed by atoms with E-state index in [1.54, 1.807) is 36.7 Å². The second-order valence-electron chi connectivity index (χ2n) is 4.74. The largest absolute Gasteiger partial charge is 0.437 e. The van der Waals surface area contributed by atoms with E-state index in [0.29, 0.717) is 37.1 Å². The van der Waals surface area contributed by atoms with Gasteiger partial charge in [-0.05, 0) is 12.1 Å². The number of rotatable bonds is 4. The number of carbonyl (C=O) groups excluding carboxylic acids is 1. The Morgan fingerprint density at radius 3 is 3.04 bits per heavy atom. The summed E-state index contributed by atoms with van der Waals surface area (Å²) in [5.41, 5.74) is 0.652. The summed E-state index contributed by atoms with van der Waals surface area (Å²) in [4.78, 5) is 20.1. The molecule has 0 saturated carbocycles. The van der Waals surface area contributed by atoms with E-state index in [2.05, 4.69) is 20.6 Å². The van der Waals surface area contributed by atoms with Crippen LogP contribution in [-0.2, 0) is 9.53 Å². The van der Waals surface area contributed by atoms with Crippen molar-refractivity contribution in [3.63, 3.8) is 0 Å². The molecule has 1 fully saturated rings. The van der Waals surface area contributed by atoms with Crippen LogP contribution in [0.4, 0.5) is 5.69 Å². The monoisotopic (exact) mass is 336 g/mol. The molecule has 1 atom stereocenters. The lowest BCUT2D eigenvalue weighted by molar-refractivity contribution is -0.120. The van der Waals surface area contributed by atoms with Crippen molar-refractivity contribution in [3.05, 3.63) is 42.9 Å². The van der Waals surface area contributed by atoms with Crippen molar-refractivity contribution in [3.8, 4) is 11.6 Å². The zero-order chi connectivity index (χ0) is 15.2. The first-order valence-electron chi connectivity index (χ1n) is 6.97. The summed E-state index contributed by atoms with van der Waals surface area (Å²) >= 11 is 0. The molecule has 1 aromatic heterocycles. The van der Waals surface area contributed by atoms with E-state index in [0.717, 1.165) is 0 Å². The zero-order valence-electron chi connectivity index (χ0n) is 12.3. The highest BCUT2D eigenvalue weighted by Gasteiger charge is 2.21. The van der Waals surface area contributed by atoms with Crippen molar-refractivity contribution in [1.82, 2.24) is 15.3 Å².